The smallest absolute Gasteiger partial charge is 0.428 e. The monoisotopic (exact) mass is 266 g/mol. The summed E-state index contributed by atoms with van der Waals surface area (Å²) in [5.74, 6) is 1.69. The van der Waals surface area contributed by atoms with Gasteiger partial charge in [-0.1, -0.05) is 19.3 Å². The molecule has 2 aliphatic rings. The molecule has 108 valence electrons. The maximum Gasteiger partial charge on any atom is 0.428 e. The van der Waals surface area contributed by atoms with E-state index < -0.39 is 11.7 Å². The average Bonchev–Trinajstić information content (AvgIpc) is 2.34. The molecule has 2 rings (SSSR count). The zero-order valence-corrected chi connectivity index (χ0v) is 12.4. The lowest BCUT2D eigenvalue weighted by molar-refractivity contribution is 0.0528. The van der Waals surface area contributed by atoms with Gasteiger partial charge in [0.15, 0.2) is 0 Å². The Morgan fingerprint density at radius 3 is 2.58 bits per heavy atom. The van der Waals surface area contributed by atoms with Gasteiger partial charge in [-0.2, -0.15) is 5.10 Å². The maximum atomic E-state index is 11.5. The SMILES string of the molecule is CC(C)(C)OC(=O)N/N=C1/CC[C@H]2CCCC[C@H]2C1. The predicted molar refractivity (Wildman–Crippen MR) is 76.1 cm³/mol. The van der Waals surface area contributed by atoms with E-state index in [1.807, 2.05) is 20.8 Å². The highest BCUT2D eigenvalue weighted by atomic mass is 16.6. The van der Waals surface area contributed by atoms with Crippen LogP contribution in [0.4, 0.5) is 4.79 Å². The zero-order valence-electron chi connectivity index (χ0n) is 12.4. The summed E-state index contributed by atoms with van der Waals surface area (Å²) >= 11 is 0. The van der Waals surface area contributed by atoms with Crippen molar-refractivity contribution in [1.82, 2.24) is 5.43 Å². The van der Waals surface area contributed by atoms with Gasteiger partial charge in [0.05, 0.1) is 0 Å². The first-order valence-corrected chi connectivity index (χ1v) is 7.48. The summed E-state index contributed by atoms with van der Waals surface area (Å²) in [5, 5.41) is 4.25. The van der Waals surface area contributed by atoms with E-state index >= 15 is 0 Å². The second kappa shape index (κ2) is 5.93. The van der Waals surface area contributed by atoms with Gasteiger partial charge in [-0.25, -0.2) is 10.2 Å². The van der Waals surface area contributed by atoms with Crippen LogP contribution < -0.4 is 5.43 Å². The van der Waals surface area contributed by atoms with Gasteiger partial charge in [-0.05, 0) is 58.3 Å². The molecule has 19 heavy (non-hydrogen) atoms. The van der Waals surface area contributed by atoms with Crippen molar-refractivity contribution in [1.29, 1.82) is 0 Å². The number of ether oxygens (including phenoxy) is 1. The summed E-state index contributed by atoms with van der Waals surface area (Å²) in [6.45, 7) is 5.56. The van der Waals surface area contributed by atoms with Gasteiger partial charge in [0.1, 0.15) is 5.60 Å². The maximum absolute atomic E-state index is 11.5. The minimum atomic E-state index is -0.467. The molecule has 0 aromatic heterocycles. The Morgan fingerprint density at radius 2 is 1.89 bits per heavy atom. The number of amides is 1. The molecule has 0 saturated heterocycles. The van der Waals surface area contributed by atoms with Crippen LogP contribution in [0.3, 0.4) is 0 Å². The lowest BCUT2D eigenvalue weighted by atomic mass is 9.70. The van der Waals surface area contributed by atoms with E-state index in [1.54, 1.807) is 0 Å². The van der Waals surface area contributed by atoms with Crippen LogP contribution >= 0.6 is 0 Å². The summed E-state index contributed by atoms with van der Waals surface area (Å²) in [6, 6.07) is 0. The highest BCUT2D eigenvalue weighted by molar-refractivity contribution is 5.86. The fraction of sp³-hybridized carbons (Fsp3) is 0.867. The Hall–Kier alpha value is -1.06. The molecular weight excluding hydrogens is 240 g/mol. The third-order valence-corrected chi connectivity index (χ3v) is 4.07. The third kappa shape index (κ3) is 4.51. The fourth-order valence-corrected chi connectivity index (χ4v) is 3.22. The Labute approximate surface area is 116 Å². The lowest BCUT2D eigenvalue weighted by Gasteiger charge is -2.35. The molecule has 1 N–H and O–H groups in total. The minimum absolute atomic E-state index is 0.453. The highest BCUT2D eigenvalue weighted by Crippen LogP contribution is 2.39. The first kappa shape index (κ1) is 14.4. The van der Waals surface area contributed by atoms with Crippen LogP contribution in [0, 0.1) is 11.8 Å². The molecule has 0 aliphatic heterocycles. The molecular formula is C15H26N2O2. The summed E-state index contributed by atoms with van der Waals surface area (Å²) in [5.41, 5.74) is 3.20. The molecule has 0 radical (unpaired) electrons. The molecule has 0 bridgehead atoms. The van der Waals surface area contributed by atoms with E-state index in [-0.39, 0.29) is 0 Å². The van der Waals surface area contributed by atoms with Crippen LogP contribution in [-0.4, -0.2) is 17.4 Å². The summed E-state index contributed by atoms with van der Waals surface area (Å²) in [6.07, 6.45) is 8.33. The van der Waals surface area contributed by atoms with E-state index in [0.29, 0.717) is 0 Å². The van der Waals surface area contributed by atoms with Crippen molar-refractivity contribution in [2.75, 3.05) is 0 Å². The molecule has 2 saturated carbocycles. The molecule has 0 aromatic rings. The van der Waals surface area contributed by atoms with Crippen molar-refractivity contribution in [3.63, 3.8) is 0 Å². The molecule has 2 aliphatic carbocycles. The quantitative estimate of drug-likeness (QED) is 0.733. The van der Waals surface area contributed by atoms with Gasteiger partial charge in [-0.3, -0.25) is 0 Å². The zero-order chi connectivity index (χ0) is 13.9. The number of hydrogen-bond donors (Lipinski definition) is 1. The Morgan fingerprint density at radius 1 is 1.21 bits per heavy atom. The van der Waals surface area contributed by atoms with Crippen molar-refractivity contribution in [2.45, 2.75) is 71.3 Å². The number of nitrogens with zero attached hydrogens (tertiary/aromatic N) is 1. The first-order valence-electron chi connectivity index (χ1n) is 7.48. The van der Waals surface area contributed by atoms with Gasteiger partial charge in [0.2, 0.25) is 0 Å². The molecule has 4 heteroatoms. The normalized spacial score (nSPS) is 29.7. The highest BCUT2D eigenvalue weighted by Gasteiger charge is 2.30. The number of fused-ring (bicyclic) bond motifs is 1. The molecule has 0 heterocycles. The van der Waals surface area contributed by atoms with Crippen LogP contribution in [0.5, 0.6) is 0 Å². The van der Waals surface area contributed by atoms with Crippen LogP contribution in [0.25, 0.3) is 0 Å². The van der Waals surface area contributed by atoms with Gasteiger partial charge in [-0.15, -0.1) is 0 Å². The Kier molecular flexibility index (Phi) is 4.48. The number of nitrogens with one attached hydrogen (secondary N) is 1. The summed E-state index contributed by atoms with van der Waals surface area (Å²) < 4.78 is 5.18. The summed E-state index contributed by atoms with van der Waals surface area (Å²) in [7, 11) is 0. The van der Waals surface area contributed by atoms with E-state index in [1.165, 1.54) is 32.1 Å². The van der Waals surface area contributed by atoms with Gasteiger partial charge < -0.3 is 4.74 Å². The Balaban J connectivity index is 1.82. The molecule has 4 nitrogen and oxygen atoms in total. The van der Waals surface area contributed by atoms with Gasteiger partial charge in [0.25, 0.3) is 0 Å². The topological polar surface area (TPSA) is 50.7 Å². The molecule has 0 unspecified atom stereocenters. The largest absolute Gasteiger partial charge is 0.443 e. The van der Waals surface area contributed by atoms with Crippen molar-refractivity contribution in [3.05, 3.63) is 0 Å². The van der Waals surface area contributed by atoms with Crippen molar-refractivity contribution in [3.8, 4) is 0 Å². The third-order valence-electron chi connectivity index (χ3n) is 4.07. The number of carbonyl (C=O) groups excluding carboxylic acids is 1. The molecule has 2 fully saturated rings. The van der Waals surface area contributed by atoms with Crippen molar-refractivity contribution >= 4 is 11.8 Å². The second-order valence-corrected chi connectivity index (χ2v) is 6.84. The number of carbonyl (C=O) groups is 1. The predicted octanol–water partition coefficient (Wildman–Crippen LogP) is 3.86. The number of hydrogen-bond acceptors (Lipinski definition) is 3. The van der Waals surface area contributed by atoms with E-state index in [2.05, 4.69) is 10.5 Å². The van der Waals surface area contributed by atoms with Crippen LogP contribution in [0.1, 0.15) is 65.7 Å². The molecule has 1 amide bonds. The van der Waals surface area contributed by atoms with Crippen molar-refractivity contribution in [2.24, 2.45) is 16.9 Å². The van der Waals surface area contributed by atoms with Crippen molar-refractivity contribution < 1.29 is 9.53 Å². The number of rotatable bonds is 1. The van der Waals surface area contributed by atoms with E-state index in [9.17, 15) is 4.79 Å². The van der Waals surface area contributed by atoms with Crippen LogP contribution in [-0.2, 0) is 4.74 Å². The first-order chi connectivity index (χ1) is 8.94. The molecule has 2 atom stereocenters. The molecule has 0 aromatic carbocycles. The average molecular weight is 266 g/mol. The lowest BCUT2D eigenvalue weighted by Crippen LogP contribution is -2.32. The summed E-state index contributed by atoms with van der Waals surface area (Å²) in [4.78, 5) is 11.5. The second-order valence-electron chi connectivity index (χ2n) is 6.84. The fourth-order valence-electron chi connectivity index (χ4n) is 3.22. The molecule has 0 spiro atoms. The van der Waals surface area contributed by atoms with Crippen LogP contribution in [0.2, 0.25) is 0 Å². The van der Waals surface area contributed by atoms with Crippen LogP contribution in [0.15, 0.2) is 5.10 Å². The van der Waals surface area contributed by atoms with E-state index in [0.717, 1.165) is 30.4 Å². The standard InChI is InChI=1S/C15H26N2O2/c1-15(2,3)19-14(18)17-16-13-9-8-11-6-4-5-7-12(11)10-13/h11-12H,4-10H2,1-3H3,(H,17,18)/b16-13-/t11-,12+/m1/s1. The van der Waals surface area contributed by atoms with E-state index in [4.69, 9.17) is 4.74 Å². The van der Waals surface area contributed by atoms with Gasteiger partial charge in [0, 0.05) is 5.71 Å². The number of hydrazone groups is 1. The minimum Gasteiger partial charge on any atom is -0.443 e. The van der Waals surface area contributed by atoms with Gasteiger partial charge >= 0.3 is 6.09 Å². The Bertz CT molecular complexity index is 358.